The van der Waals surface area contributed by atoms with Crippen molar-refractivity contribution in [3.05, 3.63) is 42.1 Å². The van der Waals surface area contributed by atoms with E-state index in [1.807, 2.05) is 30.5 Å². The lowest BCUT2D eigenvalue weighted by atomic mass is 10.1. The molecule has 120 valence electrons. The Hall–Kier alpha value is -1.61. The molecule has 2 rings (SSSR count). The highest BCUT2D eigenvalue weighted by molar-refractivity contribution is 6.07. The van der Waals surface area contributed by atoms with Gasteiger partial charge in [-0.25, -0.2) is 0 Å². The van der Waals surface area contributed by atoms with E-state index in [2.05, 4.69) is 29.8 Å². The molecule has 1 aromatic heterocycles. The lowest BCUT2D eigenvalue weighted by molar-refractivity contribution is 0.397. The third-order valence-corrected chi connectivity index (χ3v) is 3.78. The molecule has 2 aromatic rings. The first kappa shape index (κ1) is 18.4. The fraction of sp³-hybridized carbons (Fsp3) is 0.444. The number of nitrogens with zero attached hydrogens (tertiary/aromatic N) is 2. The molecule has 0 saturated heterocycles. The van der Waals surface area contributed by atoms with Crippen molar-refractivity contribution in [1.82, 2.24) is 9.88 Å². The second kappa shape index (κ2) is 9.42. The average Bonchev–Trinajstić information content (AvgIpc) is 2.54. The molecule has 0 aliphatic heterocycles. The third kappa shape index (κ3) is 4.44. The van der Waals surface area contributed by atoms with Crippen LogP contribution in [0.25, 0.3) is 10.9 Å². The van der Waals surface area contributed by atoms with Gasteiger partial charge in [0.1, 0.15) is 5.84 Å². The van der Waals surface area contributed by atoms with Crippen molar-refractivity contribution in [1.29, 1.82) is 5.41 Å². The number of para-hydroxylation sites is 1. The van der Waals surface area contributed by atoms with Gasteiger partial charge in [0.05, 0.1) is 5.52 Å². The number of benzene rings is 1. The molecule has 0 fully saturated rings. The van der Waals surface area contributed by atoms with Crippen LogP contribution in [0.5, 0.6) is 0 Å². The quantitative estimate of drug-likeness (QED) is 0.583. The Balaban J connectivity index is 0.00000242. The van der Waals surface area contributed by atoms with Gasteiger partial charge in [0.15, 0.2) is 0 Å². The van der Waals surface area contributed by atoms with Crippen molar-refractivity contribution >= 4 is 29.1 Å². The van der Waals surface area contributed by atoms with E-state index >= 15 is 0 Å². The minimum Gasteiger partial charge on any atom is -0.357 e. The topological polar surface area (TPSA) is 40.0 Å². The normalized spacial score (nSPS) is 10.3. The molecule has 0 spiro atoms. The molecule has 0 bridgehead atoms. The number of amidine groups is 1. The number of pyridine rings is 1. The predicted octanol–water partition coefficient (Wildman–Crippen LogP) is 4.88. The van der Waals surface area contributed by atoms with E-state index in [4.69, 9.17) is 5.41 Å². The summed E-state index contributed by atoms with van der Waals surface area (Å²) in [6.45, 7) is 6.32. The molecule has 0 saturated carbocycles. The molecule has 0 aliphatic rings. The number of hydrogen-bond donors (Lipinski definition) is 1. The van der Waals surface area contributed by atoms with Crippen LogP contribution >= 0.6 is 12.4 Å². The Morgan fingerprint density at radius 1 is 1.05 bits per heavy atom. The lowest BCUT2D eigenvalue weighted by Crippen LogP contribution is -2.33. The van der Waals surface area contributed by atoms with Crippen molar-refractivity contribution in [3.8, 4) is 0 Å². The summed E-state index contributed by atoms with van der Waals surface area (Å²) >= 11 is 0. The van der Waals surface area contributed by atoms with Crippen molar-refractivity contribution in [3.63, 3.8) is 0 Å². The summed E-state index contributed by atoms with van der Waals surface area (Å²) in [6.07, 6.45) is 6.40. The molecule has 22 heavy (non-hydrogen) atoms. The highest BCUT2D eigenvalue weighted by Gasteiger charge is 2.13. The van der Waals surface area contributed by atoms with Gasteiger partial charge >= 0.3 is 0 Å². The molecule has 0 atom stereocenters. The van der Waals surface area contributed by atoms with E-state index in [0.29, 0.717) is 5.84 Å². The molecule has 4 heteroatoms. The number of rotatable bonds is 7. The maximum atomic E-state index is 8.62. The van der Waals surface area contributed by atoms with E-state index in [9.17, 15) is 0 Å². The van der Waals surface area contributed by atoms with E-state index in [-0.39, 0.29) is 12.4 Å². The zero-order chi connectivity index (χ0) is 15.1. The zero-order valence-corrected chi connectivity index (χ0v) is 14.3. The second-order valence-electron chi connectivity index (χ2n) is 5.42. The number of aromatic nitrogens is 1. The van der Waals surface area contributed by atoms with Crippen LogP contribution in [0.2, 0.25) is 0 Å². The molecular formula is C18H26ClN3. The summed E-state index contributed by atoms with van der Waals surface area (Å²) in [7, 11) is 0. The largest absolute Gasteiger partial charge is 0.357 e. The van der Waals surface area contributed by atoms with Gasteiger partial charge in [-0.3, -0.25) is 10.4 Å². The first-order valence-electron chi connectivity index (χ1n) is 7.95. The zero-order valence-electron chi connectivity index (χ0n) is 13.5. The van der Waals surface area contributed by atoms with Crippen molar-refractivity contribution < 1.29 is 0 Å². The summed E-state index contributed by atoms with van der Waals surface area (Å²) in [5.74, 6) is 0.635. The summed E-state index contributed by atoms with van der Waals surface area (Å²) in [5, 5.41) is 9.70. The first-order chi connectivity index (χ1) is 10.3. The van der Waals surface area contributed by atoms with E-state index in [0.717, 1.165) is 55.2 Å². The summed E-state index contributed by atoms with van der Waals surface area (Å²) in [4.78, 5) is 6.61. The smallest absolute Gasteiger partial charge is 0.128 e. The van der Waals surface area contributed by atoms with Crippen LogP contribution in [-0.2, 0) is 0 Å². The molecule has 1 heterocycles. The standard InChI is InChI=1S/C18H25N3.ClH/c1-3-5-13-21(14-6-4-2)18(19)16-11-12-20-17-10-8-7-9-15(16)17;/h7-12,19H,3-6,13-14H2,1-2H3;1H. The molecule has 3 nitrogen and oxygen atoms in total. The van der Waals surface area contributed by atoms with E-state index in [1.54, 1.807) is 0 Å². The van der Waals surface area contributed by atoms with Crippen molar-refractivity contribution in [2.75, 3.05) is 13.1 Å². The van der Waals surface area contributed by atoms with Crippen molar-refractivity contribution in [2.45, 2.75) is 39.5 Å². The Kier molecular flexibility index (Phi) is 7.89. The van der Waals surface area contributed by atoms with Gasteiger partial charge < -0.3 is 4.90 Å². The van der Waals surface area contributed by atoms with Crippen LogP contribution in [0.3, 0.4) is 0 Å². The van der Waals surface area contributed by atoms with Crippen LogP contribution in [0.4, 0.5) is 0 Å². The Morgan fingerprint density at radius 2 is 1.68 bits per heavy atom. The van der Waals surface area contributed by atoms with Gasteiger partial charge in [0.2, 0.25) is 0 Å². The summed E-state index contributed by atoms with van der Waals surface area (Å²) < 4.78 is 0. The van der Waals surface area contributed by atoms with Gasteiger partial charge in [0.25, 0.3) is 0 Å². The van der Waals surface area contributed by atoms with E-state index < -0.39 is 0 Å². The number of fused-ring (bicyclic) bond motifs is 1. The minimum atomic E-state index is 0. The number of hydrogen-bond acceptors (Lipinski definition) is 2. The molecule has 1 N–H and O–H groups in total. The SMILES string of the molecule is CCCCN(CCCC)C(=N)c1ccnc2ccccc12.Cl. The molecule has 1 aromatic carbocycles. The summed E-state index contributed by atoms with van der Waals surface area (Å²) in [5.41, 5.74) is 1.96. The first-order valence-corrected chi connectivity index (χ1v) is 7.95. The van der Waals surface area contributed by atoms with Crippen LogP contribution < -0.4 is 0 Å². The van der Waals surface area contributed by atoms with Gasteiger partial charge in [-0.1, -0.05) is 44.9 Å². The maximum Gasteiger partial charge on any atom is 0.128 e. The van der Waals surface area contributed by atoms with Gasteiger partial charge in [-0.15, -0.1) is 12.4 Å². The van der Waals surface area contributed by atoms with Gasteiger partial charge in [-0.2, -0.15) is 0 Å². The number of nitrogens with one attached hydrogen (secondary N) is 1. The maximum absolute atomic E-state index is 8.62. The highest BCUT2D eigenvalue weighted by Crippen LogP contribution is 2.18. The predicted molar refractivity (Wildman–Crippen MR) is 97.2 cm³/mol. The van der Waals surface area contributed by atoms with Crippen LogP contribution in [0.1, 0.15) is 45.1 Å². The lowest BCUT2D eigenvalue weighted by Gasteiger charge is -2.25. The molecule has 0 amide bonds. The Labute approximate surface area is 139 Å². The van der Waals surface area contributed by atoms with Crippen molar-refractivity contribution in [2.24, 2.45) is 0 Å². The van der Waals surface area contributed by atoms with Crippen LogP contribution in [-0.4, -0.2) is 28.8 Å². The number of unbranched alkanes of at least 4 members (excludes halogenated alkanes) is 2. The molecule has 0 aliphatic carbocycles. The third-order valence-electron chi connectivity index (χ3n) is 3.78. The number of halogens is 1. The van der Waals surface area contributed by atoms with Gasteiger partial charge in [0, 0.05) is 30.2 Å². The molecule has 0 radical (unpaired) electrons. The fourth-order valence-electron chi connectivity index (χ4n) is 2.51. The van der Waals surface area contributed by atoms with Crippen LogP contribution in [0.15, 0.2) is 36.5 Å². The average molecular weight is 320 g/mol. The second-order valence-corrected chi connectivity index (χ2v) is 5.42. The summed E-state index contributed by atoms with van der Waals surface area (Å²) in [6, 6.07) is 10.0. The van der Waals surface area contributed by atoms with Gasteiger partial charge in [-0.05, 0) is 25.0 Å². The minimum absolute atomic E-state index is 0. The monoisotopic (exact) mass is 319 g/mol. The van der Waals surface area contributed by atoms with Crippen LogP contribution in [0, 0.1) is 5.41 Å². The van der Waals surface area contributed by atoms with E-state index in [1.165, 1.54) is 0 Å². The highest BCUT2D eigenvalue weighted by atomic mass is 35.5. The molecule has 0 unspecified atom stereocenters. The Morgan fingerprint density at radius 3 is 2.32 bits per heavy atom. The molecular weight excluding hydrogens is 294 g/mol. The fourth-order valence-corrected chi connectivity index (χ4v) is 2.51. The Bertz CT molecular complexity index is 584.